The average molecular weight is 396 g/mol. The van der Waals surface area contributed by atoms with Gasteiger partial charge in [-0.15, -0.1) is 0 Å². The van der Waals surface area contributed by atoms with E-state index in [9.17, 15) is 27.2 Å². The Bertz CT molecular complexity index is 866. The van der Waals surface area contributed by atoms with Crippen molar-refractivity contribution in [2.24, 2.45) is 5.92 Å². The number of benzene rings is 2. The van der Waals surface area contributed by atoms with Crippen molar-refractivity contribution in [2.45, 2.75) is 32.9 Å². The standard InChI is InChI=1S/C20H20F4N2O2/c1-10(2)18(26-19(27)17-14(22)5-4-6-15(17)23)20(28)25-11(3)13-8-7-12(21)9-16(13)24/h4-11,18H,1-3H3,(H,25,28)(H,26,27)/t11-,18+/m1/s1. The number of carbonyl (C=O) groups excluding carboxylic acids is 2. The molecule has 2 aromatic rings. The van der Waals surface area contributed by atoms with Crippen LogP contribution < -0.4 is 10.6 Å². The van der Waals surface area contributed by atoms with Gasteiger partial charge in [0.05, 0.1) is 6.04 Å². The van der Waals surface area contributed by atoms with Crippen molar-refractivity contribution in [1.29, 1.82) is 0 Å². The Kier molecular flexibility index (Phi) is 6.77. The van der Waals surface area contributed by atoms with Crippen LogP contribution in [0.2, 0.25) is 0 Å². The van der Waals surface area contributed by atoms with Crippen LogP contribution in [0.15, 0.2) is 36.4 Å². The summed E-state index contributed by atoms with van der Waals surface area (Å²) >= 11 is 0. The van der Waals surface area contributed by atoms with Crippen molar-refractivity contribution in [1.82, 2.24) is 10.6 Å². The highest BCUT2D eigenvalue weighted by atomic mass is 19.1. The fourth-order valence-electron chi connectivity index (χ4n) is 2.70. The van der Waals surface area contributed by atoms with Gasteiger partial charge in [0.2, 0.25) is 5.91 Å². The highest BCUT2D eigenvalue weighted by molar-refractivity contribution is 5.98. The Morgan fingerprint density at radius 2 is 1.46 bits per heavy atom. The molecular formula is C20H20F4N2O2. The van der Waals surface area contributed by atoms with E-state index in [0.717, 1.165) is 24.3 Å². The Labute approximate surface area is 159 Å². The summed E-state index contributed by atoms with van der Waals surface area (Å²) in [6.45, 7) is 4.75. The molecule has 0 unspecified atom stereocenters. The lowest BCUT2D eigenvalue weighted by Gasteiger charge is -2.24. The molecule has 0 radical (unpaired) electrons. The molecule has 2 aromatic carbocycles. The summed E-state index contributed by atoms with van der Waals surface area (Å²) in [6, 6.07) is 3.99. The molecule has 0 saturated carbocycles. The quantitative estimate of drug-likeness (QED) is 0.729. The molecule has 0 aliphatic heterocycles. The van der Waals surface area contributed by atoms with Gasteiger partial charge >= 0.3 is 0 Å². The van der Waals surface area contributed by atoms with Crippen molar-refractivity contribution in [3.63, 3.8) is 0 Å². The molecule has 0 fully saturated rings. The zero-order valence-corrected chi connectivity index (χ0v) is 15.5. The van der Waals surface area contributed by atoms with E-state index in [1.54, 1.807) is 13.8 Å². The van der Waals surface area contributed by atoms with Crippen LogP contribution in [0.1, 0.15) is 42.7 Å². The van der Waals surface area contributed by atoms with E-state index < -0.39 is 58.6 Å². The van der Waals surface area contributed by atoms with E-state index in [-0.39, 0.29) is 5.56 Å². The van der Waals surface area contributed by atoms with Gasteiger partial charge in [-0.05, 0) is 31.0 Å². The van der Waals surface area contributed by atoms with Crippen molar-refractivity contribution in [2.75, 3.05) is 0 Å². The molecule has 150 valence electrons. The topological polar surface area (TPSA) is 58.2 Å². The number of nitrogens with one attached hydrogen (secondary N) is 2. The molecule has 4 nitrogen and oxygen atoms in total. The Balaban J connectivity index is 2.17. The monoisotopic (exact) mass is 396 g/mol. The molecular weight excluding hydrogens is 376 g/mol. The van der Waals surface area contributed by atoms with E-state index in [4.69, 9.17) is 0 Å². The molecule has 8 heteroatoms. The summed E-state index contributed by atoms with van der Waals surface area (Å²) in [7, 11) is 0. The van der Waals surface area contributed by atoms with Crippen LogP contribution in [0.25, 0.3) is 0 Å². The second kappa shape index (κ2) is 8.86. The summed E-state index contributed by atoms with van der Waals surface area (Å²) in [5, 5.41) is 4.83. The molecule has 0 saturated heterocycles. The number of halogens is 4. The fraction of sp³-hybridized carbons (Fsp3) is 0.300. The summed E-state index contributed by atoms with van der Waals surface area (Å²) in [6.07, 6.45) is 0. The van der Waals surface area contributed by atoms with Gasteiger partial charge in [-0.25, -0.2) is 17.6 Å². The van der Waals surface area contributed by atoms with Crippen LogP contribution in [0.5, 0.6) is 0 Å². The van der Waals surface area contributed by atoms with Gasteiger partial charge in [0.1, 0.15) is 34.9 Å². The third-order valence-electron chi connectivity index (χ3n) is 4.21. The molecule has 2 amide bonds. The van der Waals surface area contributed by atoms with Gasteiger partial charge in [0, 0.05) is 11.6 Å². The molecule has 2 N–H and O–H groups in total. The molecule has 0 aliphatic carbocycles. The molecule has 0 aliphatic rings. The highest BCUT2D eigenvalue weighted by Crippen LogP contribution is 2.19. The Hall–Kier alpha value is -2.90. The summed E-state index contributed by atoms with van der Waals surface area (Å²) in [5.41, 5.74) is -0.734. The zero-order chi connectivity index (χ0) is 21.0. The van der Waals surface area contributed by atoms with Gasteiger partial charge in [0.25, 0.3) is 5.91 Å². The Morgan fingerprint density at radius 1 is 0.857 bits per heavy atom. The van der Waals surface area contributed by atoms with E-state index >= 15 is 0 Å². The van der Waals surface area contributed by atoms with Gasteiger partial charge in [-0.3, -0.25) is 9.59 Å². The lowest BCUT2D eigenvalue weighted by Crippen LogP contribution is -2.50. The fourth-order valence-corrected chi connectivity index (χ4v) is 2.70. The van der Waals surface area contributed by atoms with Crippen LogP contribution in [0.3, 0.4) is 0 Å². The van der Waals surface area contributed by atoms with Crippen molar-refractivity contribution in [3.05, 3.63) is 70.8 Å². The molecule has 0 heterocycles. The van der Waals surface area contributed by atoms with E-state index in [2.05, 4.69) is 10.6 Å². The van der Waals surface area contributed by atoms with Crippen molar-refractivity contribution >= 4 is 11.8 Å². The predicted molar refractivity (Wildman–Crippen MR) is 95.4 cm³/mol. The SMILES string of the molecule is CC(C)[C@H](NC(=O)c1c(F)cccc1F)C(=O)N[C@H](C)c1ccc(F)cc1F. The summed E-state index contributed by atoms with van der Waals surface area (Å²) in [5.74, 6) is -5.86. The molecule has 0 aromatic heterocycles. The number of hydrogen-bond acceptors (Lipinski definition) is 2. The first-order chi connectivity index (χ1) is 13.1. The molecule has 2 atom stereocenters. The molecule has 28 heavy (non-hydrogen) atoms. The maximum absolute atomic E-state index is 13.9. The maximum atomic E-state index is 13.9. The van der Waals surface area contributed by atoms with E-state index in [1.165, 1.54) is 13.0 Å². The van der Waals surface area contributed by atoms with E-state index in [1.807, 2.05) is 0 Å². The Morgan fingerprint density at radius 3 is 2.00 bits per heavy atom. The first-order valence-electron chi connectivity index (χ1n) is 8.62. The summed E-state index contributed by atoms with van der Waals surface area (Å²) in [4.78, 5) is 24.9. The van der Waals surface area contributed by atoms with Crippen LogP contribution >= 0.6 is 0 Å². The maximum Gasteiger partial charge on any atom is 0.257 e. The highest BCUT2D eigenvalue weighted by Gasteiger charge is 2.28. The minimum absolute atomic E-state index is 0.0590. The third kappa shape index (κ3) is 4.88. The third-order valence-corrected chi connectivity index (χ3v) is 4.21. The number of hydrogen-bond donors (Lipinski definition) is 2. The normalized spacial score (nSPS) is 13.1. The van der Waals surface area contributed by atoms with Gasteiger partial charge in [-0.2, -0.15) is 0 Å². The first-order valence-corrected chi connectivity index (χ1v) is 8.62. The number of amides is 2. The summed E-state index contributed by atoms with van der Waals surface area (Å²) < 4.78 is 54.5. The second-order valence-electron chi connectivity index (χ2n) is 6.69. The lowest BCUT2D eigenvalue weighted by molar-refractivity contribution is -0.124. The average Bonchev–Trinajstić information content (AvgIpc) is 2.58. The van der Waals surface area contributed by atoms with Gasteiger partial charge < -0.3 is 10.6 Å². The zero-order valence-electron chi connectivity index (χ0n) is 15.5. The lowest BCUT2D eigenvalue weighted by atomic mass is 10.0. The van der Waals surface area contributed by atoms with Crippen molar-refractivity contribution < 1.29 is 27.2 Å². The number of carbonyl (C=O) groups is 2. The second-order valence-corrected chi connectivity index (χ2v) is 6.69. The van der Waals surface area contributed by atoms with Gasteiger partial charge in [-0.1, -0.05) is 26.0 Å². The number of rotatable bonds is 6. The van der Waals surface area contributed by atoms with Crippen LogP contribution in [0, 0.1) is 29.2 Å². The van der Waals surface area contributed by atoms with Crippen LogP contribution in [0.4, 0.5) is 17.6 Å². The minimum Gasteiger partial charge on any atom is -0.348 e. The van der Waals surface area contributed by atoms with Gasteiger partial charge in [0.15, 0.2) is 0 Å². The molecule has 0 bridgehead atoms. The van der Waals surface area contributed by atoms with Crippen LogP contribution in [-0.4, -0.2) is 17.9 Å². The smallest absolute Gasteiger partial charge is 0.257 e. The molecule has 0 spiro atoms. The first kappa shape index (κ1) is 21.4. The molecule has 2 rings (SSSR count). The largest absolute Gasteiger partial charge is 0.348 e. The van der Waals surface area contributed by atoms with E-state index in [0.29, 0.717) is 6.07 Å². The predicted octanol–water partition coefficient (Wildman–Crippen LogP) is 3.87. The van der Waals surface area contributed by atoms with Crippen LogP contribution in [-0.2, 0) is 4.79 Å². The van der Waals surface area contributed by atoms with Crippen molar-refractivity contribution in [3.8, 4) is 0 Å². The minimum atomic E-state index is -1.13.